The van der Waals surface area contributed by atoms with E-state index in [0.29, 0.717) is 24.9 Å². The van der Waals surface area contributed by atoms with Crippen LogP contribution in [0.2, 0.25) is 0 Å². The van der Waals surface area contributed by atoms with Gasteiger partial charge < -0.3 is 20.9 Å². The Kier molecular flexibility index (Phi) is 8.28. The first-order valence-corrected chi connectivity index (χ1v) is 13.0. The molecule has 4 atom stereocenters. The van der Waals surface area contributed by atoms with Crippen molar-refractivity contribution in [1.82, 2.24) is 15.1 Å². The van der Waals surface area contributed by atoms with Gasteiger partial charge in [0.15, 0.2) is 5.78 Å². The molecule has 3 N–H and O–H groups in total. The van der Waals surface area contributed by atoms with Crippen LogP contribution in [0, 0.1) is 11.8 Å². The molecule has 0 saturated carbocycles. The quantitative estimate of drug-likeness (QED) is 0.600. The van der Waals surface area contributed by atoms with E-state index in [1.165, 1.54) is 0 Å². The maximum Gasteiger partial charge on any atom is 0.251 e. The number of ketones is 1. The highest BCUT2D eigenvalue weighted by molar-refractivity contribution is 6.01. The third-order valence-electron chi connectivity index (χ3n) is 7.32. The molecule has 198 valence electrons. The number of rotatable bonds is 7. The summed E-state index contributed by atoms with van der Waals surface area (Å²) >= 11 is 0. The van der Waals surface area contributed by atoms with E-state index in [1.807, 2.05) is 39.8 Å². The molecule has 2 aliphatic heterocycles. The number of amides is 3. The molecular formula is C28H42N4O4. The van der Waals surface area contributed by atoms with Gasteiger partial charge in [0.05, 0.1) is 18.6 Å². The number of nitrogens with one attached hydrogen (secondary N) is 1. The summed E-state index contributed by atoms with van der Waals surface area (Å²) in [6, 6.07) is 4.94. The lowest BCUT2D eigenvalue weighted by Gasteiger charge is -2.30. The Labute approximate surface area is 215 Å². The molecule has 0 spiro atoms. The minimum Gasteiger partial charge on any atom is -0.340 e. The third kappa shape index (κ3) is 5.80. The number of nitrogens with two attached hydrogens (primary N) is 1. The maximum absolute atomic E-state index is 13.7. The Morgan fingerprint density at radius 3 is 2.17 bits per heavy atom. The number of hydrogen-bond donors (Lipinski definition) is 2. The van der Waals surface area contributed by atoms with Gasteiger partial charge in [0.25, 0.3) is 5.91 Å². The van der Waals surface area contributed by atoms with E-state index in [2.05, 4.69) is 26.1 Å². The van der Waals surface area contributed by atoms with Crippen molar-refractivity contribution in [3.8, 4) is 0 Å². The van der Waals surface area contributed by atoms with E-state index in [0.717, 1.165) is 5.56 Å². The number of hydrogen-bond acceptors (Lipinski definition) is 5. The van der Waals surface area contributed by atoms with Crippen molar-refractivity contribution in [2.45, 2.75) is 90.9 Å². The van der Waals surface area contributed by atoms with Crippen molar-refractivity contribution in [2.24, 2.45) is 17.6 Å². The predicted molar refractivity (Wildman–Crippen MR) is 139 cm³/mol. The van der Waals surface area contributed by atoms with Crippen molar-refractivity contribution in [2.75, 3.05) is 13.1 Å². The SMILES string of the molecule is CC(C)CC(NC(=O)c1ccc(C(C)(C)C)cc1)C(=O)N1CCC2C1C(=O)CN2C(=O)C(N)C(C)C. The van der Waals surface area contributed by atoms with Gasteiger partial charge in [0, 0.05) is 12.1 Å². The summed E-state index contributed by atoms with van der Waals surface area (Å²) in [4.78, 5) is 55.7. The van der Waals surface area contributed by atoms with Gasteiger partial charge in [-0.25, -0.2) is 0 Å². The van der Waals surface area contributed by atoms with Gasteiger partial charge in [-0.3, -0.25) is 19.2 Å². The lowest BCUT2D eigenvalue weighted by atomic mass is 9.86. The van der Waals surface area contributed by atoms with E-state index in [1.54, 1.807) is 21.9 Å². The van der Waals surface area contributed by atoms with Crippen molar-refractivity contribution in [3.63, 3.8) is 0 Å². The monoisotopic (exact) mass is 498 g/mol. The van der Waals surface area contributed by atoms with Gasteiger partial charge in [-0.15, -0.1) is 0 Å². The van der Waals surface area contributed by atoms with Crippen LogP contribution in [-0.2, 0) is 19.8 Å². The molecule has 2 aliphatic rings. The van der Waals surface area contributed by atoms with E-state index < -0.39 is 18.1 Å². The minimum absolute atomic E-state index is 0.0281. The zero-order valence-electron chi connectivity index (χ0n) is 22.7. The number of benzene rings is 1. The summed E-state index contributed by atoms with van der Waals surface area (Å²) in [5.41, 5.74) is 7.65. The molecule has 2 saturated heterocycles. The number of carbonyl (C=O) groups is 4. The molecule has 36 heavy (non-hydrogen) atoms. The fourth-order valence-electron chi connectivity index (χ4n) is 5.09. The summed E-state index contributed by atoms with van der Waals surface area (Å²) < 4.78 is 0. The van der Waals surface area contributed by atoms with Crippen molar-refractivity contribution >= 4 is 23.5 Å². The summed E-state index contributed by atoms with van der Waals surface area (Å²) in [6.45, 7) is 14.4. The highest BCUT2D eigenvalue weighted by Gasteiger charge is 2.52. The van der Waals surface area contributed by atoms with Crippen molar-refractivity contribution < 1.29 is 19.2 Å². The normalized spacial score (nSPS) is 21.7. The van der Waals surface area contributed by atoms with E-state index in [-0.39, 0.29) is 53.3 Å². The molecule has 0 aromatic heterocycles. The first kappa shape index (κ1) is 27.8. The molecule has 2 heterocycles. The van der Waals surface area contributed by atoms with Crippen molar-refractivity contribution in [3.05, 3.63) is 35.4 Å². The number of carbonyl (C=O) groups excluding carboxylic acids is 4. The maximum atomic E-state index is 13.7. The van der Waals surface area contributed by atoms with Gasteiger partial charge in [-0.05, 0) is 47.8 Å². The molecule has 1 aromatic rings. The van der Waals surface area contributed by atoms with Crippen LogP contribution in [0.5, 0.6) is 0 Å². The lowest BCUT2D eigenvalue weighted by Crippen LogP contribution is -2.53. The second-order valence-electron chi connectivity index (χ2n) is 12.0. The summed E-state index contributed by atoms with van der Waals surface area (Å²) in [5, 5.41) is 2.92. The van der Waals surface area contributed by atoms with E-state index >= 15 is 0 Å². The molecule has 3 rings (SSSR count). The Hall–Kier alpha value is -2.74. The Balaban J connectivity index is 1.76. The topological polar surface area (TPSA) is 113 Å². The lowest BCUT2D eigenvalue weighted by molar-refractivity contribution is -0.138. The van der Waals surface area contributed by atoms with E-state index in [4.69, 9.17) is 5.73 Å². The Morgan fingerprint density at radius 2 is 1.64 bits per heavy atom. The molecule has 0 bridgehead atoms. The van der Waals surface area contributed by atoms with Gasteiger partial charge in [0.2, 0.25) is 11.8 Å². The van der Waals surface area contributed by atoms with E-state index in [9.17, 15) is 19.2 Å². The second kappa shape index (κ2) is 10.7. The molecule has 3 amide bonds. The molecule has 0 radical (unpaired) electrons. The van der Waals surface area contributed by atoms with Gasteiger partial charge in [-0.1, -0.05) is 60.6 Å². The van der Waals surface area contributed by atoms with Crippen molar-refractivity contribution in [1.29, 1.82) is 0 Å². The molecule has 8 heteroatoms. The van der Waals surface area contributed by atoms with Crippen LogP contribution in [0.15, 0.2) is 24.3 Å². The minimum atomic E-state index is -0.756. The summed E-state index contributed by atoms with van der Waals surface area (Å²) in [7, 11) is 0. The van der Waals surface area contributed by atoms with Crippen LogP contribution in [0.25, 0.3) is 0 Å². The summed E-state index contributed by atoms with van der Waals surface area (Å²) in [5.74, 6) is -0.876. The van der Waals surface area contributed by atoms with Crippen LogP contribution >= 0.6 is 0 Å². The van der Waals surface area contributed by atoms with Crippen LogP contribution < -0.4 is 11.1 Å². The van der Waals surface area contributed by atoms with Crippen LogP contribution in [0.1, 0.15) is 77.2 Å². The smallest absolute Gasteiger partial charge is 0.251 e. The Morgan fingerprint density at radius 1 is 1.03 bits per heavy atom. The van der Waals surface area contributed by atoms with Gasteiger partial charge in [0.1, 0.15) is 12.1 Å². The highest BCUT2D eigenvalue weighted by atomic mass is 16.2. The number of fused-ring (bicyclic) bond motifs is 1. The van der Waals surface area contributed by atoms with Crippen LogP contribution in [0.3, 0.4) is 0 Å². The zero-order chi connectivity index (χ0) is 26.9. The first-order chi connectivity index (χ1) is 16.7. The molecule has 8 nitrogen and oxygen atoms in total. The second-order valence-corrected chi connectivity index (χ2v) is 12.0. The summed E-state index contributed by atoms with van der Waals surface area (Å²) in [6.07, 6.45) is 0.975. The molecule has 2 fully saturated rings. The van der Waals surface area contributed by atoms with Crippen LogP contribution in [0.4, 0.5) is 0 Å². The first-order valence-electron chi connectivity index (χ1n) is 13.0. The standard InChI is InChI=1S/C28H42N4O4/c1-16(2)14-20(30-25(34)18-8-10-19(11-9-18)28(5,6)7)26(35)31-13-12-21-24(31)22(33)15-32(21)27(36)23(29)17(3)4/h8-11,16-17,20-21,23-24H,12-15,29H2,1-7H3,(H,30,34). The molecule has 1 aromatic carbocycles. The number of nitrogens with zero attached hydrogens (tertiary/aromatic N) is 2. The number of Topliss-reactive ketones (excluding diaryl/α,β-unsaturated/α-hetero) is 1. The van der Waals surface area contributed by atoms with Gasteiger partial charge >= 0.3 is 0 Å². The Bertz CT molecular complexity index is 996. The van der Waals surface area contributed by atoms with Gasteiger partial charge in [-0.2, -0.15) is 0 Å². The average Bonchev–Trinajstić information content (AvgIpc) is 3.37. The highest BCUT2D eigenvalue weighted by Crippen LogP contribution is 2.31. The fourth-order valence-corrected chi connectivity index (χ4v) is 5.09. The third-order valence-corrected chi connectivity index (χ3v) is 7.32. The molecule has 0 aliphatic carbocycles. The number of likely N-dealkylation sites (tertiary alicyclic amines) is 2. The predicted octanol–water partition coefficient (Wildman–Crippen LogP) is 2.49. The molecule has 4 unspecified atom stereocenters. The largest absolute Gasteiger partial charge is 0.340 e. The molecular weight excluding hydrogens is 456 g/mol. The van der Waals surface area contributed by atoms with Crippen LogP contribution in [-0.4, -0.2) is 70.6 Å². The zero-order valence-corrected chi connectivity index (χ0v) is 22.7. The fraction of sp³-hybridized carbons (Fsp3) is 0.643. The average molecular weight is 499 g/mol.